The maximum atomic E-state index is 13.3. The van der Waals surface area contributed by atoms with Crippen LogP contribution in [0, 0.1) is 5.82 Å². The monoisotopic (exact) mass is 370 g/mol. The molecule has 0 spiro atoms. The molecule has 0 aromatic heterocycles. The molecule has 1 atom stereocenters. The fourth-order valence-electron chi connectivity index (χ4n) is 3.51. The highest BCUT2D eigenvalue weighted by molar-refractivity contribution is 5.89. The van der Waals surface area contributed by atoms with E-state index < -0.39 is 0 Å². The maximum absolute atomic E-state index is 13.3. The molecular formula is C21H27FN4O. The van der Waals surface area contributed by atoms with E-state index in [-0.39, 0.29) is 17.9 Å². The van der Waals surface area contributed by atoms with E-state index in [2.05, 4.69) is 15.5 Å². The number of nitrogens with zero attached hydrogens (tertiary/aromatic N) is 1. The predicted octanol–water partition coefficient (Wildman–Crippen LogP) is 3.63. The molecule has 1 unspecified atom stereocenters. The number of amides is 2. The Balaban J connectivity index is 1.64. The zero-order valence-electron chi connectivity index (χ0n) is 15.5. The summed E-state index contributed by atoms with van der Waals surface area (Å²) >= 11 is 0. The van der Waals surface area contributed by atoms with Crippen LogP contribution in [0.4, 0.5) is 14.9 Å². The molecule has 1 aliphatic heterocycles. The van der Waals surface area contributed by atoms with E-state index in [1.54, 1.807) is 12.1 Å². The molecule has 2 amide bonds. The van der Waals surface area contributed by atoms with E-state index in [0.29, 0.717) is 18.8 Å². The van der Waals surface area contributed by atoms with Gasteiger partial charge in [0, 0.05) is 18.8 Å². The van der Waals surface area contributed by atoms with E-state index in [4.69, 9.17) is 5.73 Å². The highest BCUT2D eigenvalue weighted by Gasteiger charge is 2.23. The minimum Gasteiger partial charge on any atom is -0.336 e. The van der Waals surface area contributed by atoms with Crippen molar-refractivity contribution >= 4 is 11.7 Å². The molecule has 6 heteroatoms. The smallest absolute Gasteiger partial charge is 0.319 e. The van der Waals surface area contributed by atoms with Crippen molar-refractivity contribution in [1.29, 1.82) is 0 Å². The molecule has 1 saturated heterocycles. The number of urea groups is 1. The Morgan fingerprint density at radius 1 is 1.11 bits per heavy atom. The van der Waals surface area contributed by atoms with Crippen LogP contribution >= 0.6 is 0 Å². The fraction of sp³-hybridized carbons (Fsp3) is 0.381. The van der Waals surface area contributed by atoms with Crippen molar-refractivity contribution in [1.82, 2.24) is 10.2 Å². The number of benzene rings is 2. The number of piperidine rings is 1. The van der Waals surface area contributed by atoms with Gasteiger partial charge >= 0.3 is 6.03 Å². The third-order valence-electron chi connectivity index (χ3n) is 4.96. The number of anilines is 1. The second-order valence-corrected chi connectivity index (χ2v) is 6.90. The molecule has 2 aromatic rings. The molecule has 0 radical (unpaired) electrons. The minimum absolute atomic E-state index is 0.0343. The van der Waals surface area contributed by atoms with Gasteiger partial charge in [0.05, 0.1) is 6.04 Å². The third kappa shape index (κ3) is 5.52. The average molecular weight is 370 g/mol. The lowest BCUT2D eigenvalue weighted by Crippen LogP contribution is -2.41. The van der Waals surface area contributed by atoms with Crippen molar-refractivity contribution in [3.8, 4) is 0 Å². The van der Waals surface area contributed by atoms with Crippen LogP contribution in [-0.4, -0.2) is 30.6 Å². The Morgan fingerprint density at radius 2 is 1.85 bits per heavy atom. The molecule has 0 aliphatic carbocycles. The second-order valence-electron chi connectivity index (χ2n) is 6.90. The first-order valence-corrected chi connectivity index (χ1v) is 9.49. The Hall–Kier alpha value is -2.44. The van der Waals surface area contributed by atoms with Gasteiger partial charge in [0.15, 0.2) is 0 Å². The van der Waals surface area contributed by atoms with Crippen molar-refractivity contribution < 1.29 is 9.18 Å². The van der Waals surface area contributed by atoms with Gasteiger partial charge < -0.3 is 16.4 Å². The summed E-state index contributed by atoms with van der Waals surface area (Å²) in [6.07, 6.45) is 3.53. The Kier molecular flexibility index (Phi) is 6.79. The summed E-state index contributed by atoms with van der Waals surface area (Å²) in [5, 5.41) is 5.81. The normalized spacial score (nSPS) is 15.9. The zero-order chi connectivity index (χ0) is 19.1. The summed E-state index contributed by atoms with van der Waals surface area (Å²) in [5.74, 6) is -0.248. The van der Waals surface area contributed by atoms with Crippen molar-refractivity contribution in [3.05, 3.63) is 65.5 Å². The van der Waals surface area contributed by atoms with Crippen molar-refractivity contribution in [2.45, 2.75) is 31.8 Å². The first-order chi connectivity index (χ1) is 13.2. The number of nitrogens with two attached hydrogens (primary N) is 1. The van der Waals surface area contributed by atoms with Gasteiger partial charge in [-0.3, -0.25) is 4.90 Å². The molecule has 144 valence electrons. The summed E-state index contributed by atoms with van der Waals surface area (Å²) < 4.78 is 13.3. The average Bonchev–Trinajstić information content (AvgIpc) is 2.70. The molecule has 1 aliphatic rings. The highest BCUT2D eigenvalue weighted by Crippen LogP contribution is 2.24. The van der Waals surface area contributed by atoms with Crippen LogP contribution in [-0.2, 0) is 6.54 Å². The van der Waals surface area contributed by atoms with E-state index in [1.165, 1.54) is 18.6 Å². The highest BCUT2D eigenvalue weighted by atomic mass is 19.1. The molecular weight excluding hydrogens is 343 g/mol. The molecule has 1 heterocycles. The Bertz CT molecular complexity index is 744. The standard InChI is InChI=1S/C21H27FN4O/c22-18-9-7-17(8-10-18)20(26-11-2-1-3-12-26)15-24-21(27)25-19-6-4-5-16(13-19)14-23/h4-10,13,20H,1-3,11-12,14-15,23H2,(H2,24,25,27). The molecule has 0 bridgehead atoms. The fourth-order valence-corrected chi connectivity index (χ4v) is 3.51. The summed E-state index contributed by atoms with van der Waals surface area (Å²) in [6.45, 7) is 2.88. The largest absolute Gasteiger partial charge is 0.336 e. The number of carbonyl (C=O) groups excluding carboxylic acids is 1. The van der Waals surface area contributed by atoms with Crippen LogP contribution in [0.2, 0.25) is 0 Å². The zero-order valence-corrected chi connectivity index (χ0v) is 15.5. The molecule has 1 fully saturated rings. The van der Waals surface area contributed by atoms with Gasteiger partial charge in [0.1, 0.15) is 5.82 Å². The van der Waals surface area contributed by atoms with Gasteiger partial charge in [-0.2, -0.15) is 0 Å². The van der Waals surface area contributed by atoms with Crippen molar-refractivity contribution in [3.63, 3.8) is 0 Å². The third-order valence-corrected chi connectivity index (χ3v) is 4.96. The topological polar surface area (TPSA) is 70.4 Å². The Morgan fingerprint density at radius 3 is 2.56 bits per heavy atom. The van der Waals surface area contributed by atoms with Gasteiger partial charge in [0.25, 0.3) is 0 Å². The number of hydrogen-bond acceptors (Lipinski definition) is 3. The van der Waals surface area contributed by atoms with E-state index in [1.807, 2.05) is 24.3 Å². The maximum Gasteiger partial charge on any atom is 0.319 e. The summed E-state index contributed by atoms with van der Waals surface area (Å²) in [6, 6.07) is 13.8. The number of halogens is 1. The molecule has 4 N–H and O–H groups in total. The number of carbonyl (C=O) groups is 1. The summed E-state index contributed by atoms with van der Waals surface area (Å²) in [7, 11) is 0. The minimum atomic E-state index is -0.256. The van der Waals surface area contributed by atoms with Gasteiger partial charge in [-0.15, -0.1) is 0 Å². The number of rotatable bonds is 6. The molecule has 5 nitrogen and oxygen atoms in total. The van der Waals surface area contributed by atoms with Crippen molar-refractivity contribution in [2.24, 2.45) is 5.73 Å². The lowest BCUT2D eigenvalue weighted by molar-refractivity contribution is 0.161. The SMILES string of the molecule is NCc1cccc(NC(=O)NCC(c2ccc(F)cc2)N2CCCCC2)c1. The first kappa shape index (κ1) is 19.3. The lowest BCUT2D eigenvalue weighted by atomic mass is 10.0. The van der Waals surface area contributed by atoms with E-state index in [0.717, 1.165) is 37.1 Å². The van der Waals surface area contributed by atoms with E-state index >= 15 is 0 Å². The summed E-state index contributed by atoms with van der Waals surface area (Å²) in [4.78, 5) is 14.7. The van der Waals surface area contributed by atoms with Gasteiger partial charge in [0.2, 0.25) is 0 Å². The van der Waals surface area contributed by atoms with Crippen LogP contribution in [0.25, 0.3) is 0 Å². The van der Waals surface area contributed by atoms with Crippen molar-refractivity contribution in [2.75, 3.05) is 25.0 Å². The lowest BCUT2D eigenvalue weighted by Gasteiger charge is -2.35. The van der Waals surface area contributed by atoms with Crippen LogP contribution in [0.3, 0.4) is 0 Å². The number of likely N-dealkylation sites (tertiary alicyclic amines) is 1. The molecule has 2 aromatic carbocycles. The predicted molar refractivity (Wildman–Crippen MR) is 106 cm³/mol. The first-order valence-electron chi connectivity index (χ1n) is 9.49. The quantitative estimate of drug-likeness (QED) is 0.727. The van der Waals surface area contributed by atoms with E-state index in [9.17, 15) is 9.18 Å². The number of nitrogens with one attached hydrogen (secondary N) is 2. The van der Waals surface area contributed by atoms with Crippen LogP contribution in [0.1, 0.15) is 36.4 Å². The van der Waals surface area contributed by atoms with Gasteiger partial charge in [-0.1, -0.05) is 30.7 Å². The Labute approximate surface area is 159 Å². The van der Waals surface area contributed by atoms with Crippen LogP contribution < -0.4 is 16.4 Å². The second kappa shape index (κ2) is 9.48. The van der Waals surface area contributed by atoms with Crippen LogP contribution in [0.5, 0.6) is 0 Å². The van der Waals surface area contributed by atoms with Gasteiger partial charge in [-0.25, -0.2) is 9.18 Å². The molecule has 27 heavy (non-hydrogen) atoms. The summed E-state index contributed by atoms with van der Waals surface area (Å²) in [5.41, 5.74) is 8.34. The molecule has 3 rings (SSSR count). The molecule has 0 saturated carbocycles. The van der Waals surface area contributed by atoms with Crippen LogP contribution in [0.15, 0.2) is 48.5 Å². The number of hydrogen-bond donors (Lipinski definition) is 3. The van der Waals surface area contributed by atoms with Gasteiger partial charge in [-0.05, 0) is 61.3 Å².